The standard InChI is InChI=1S/C17H32N4/c1-7-14-10-15(20(6)19-14)11-21-13-16(4,5)18-12-17(21,8-2)9-3/h10,18H,7-9,11-13H2,1-6H3. The molecular weight excluding hydrogens is 260 g/mol. The predicted octanol–water partition coefficient (Wildman–Crippen LogP) is 2.73. The zero-order valence-corrected chi connectivity index (χ0v) is 14.7. The summed E-state index contributed by atoms with van der Waals surface area (Å²) in [5.74, 6) is 0. The largest absolute Gasteiger partial charge is 0.309 e. The average Bonchev–Trinajstić information content (AvgIpc) is 2.80. The highest BCUT2D eigenvalue weighted by atomic mass is 15.3. The molecule has 1 aromatic rings. The SMILES string of the molecule is CCc1cc(CN2CC(C)(C)NCC2(CC)CC)n(C)n1. The maximum absolute atomic E-state index is 4.60. The topological polar surface area (TPSA) is 33.1 Å². The number of aryl methyl sites for hydroxylation is 2. The van der Waals surface area contributed by atoms with E-state index in [4.69, 9.17) is 0 Å². The van der Waals surface area contributed by atoms with Crippen LogP contribution in [0, 0.1) is 0 Å². The summed E-state index contributed by atoms with van der Waals surface area (Å²) in [5, 5.41) is 8.34. The second-order valence-corrected chi connectivity index (χ2v) is 7.13. The second-order valence-electron chi connectivity index (χ2n) is 7.13. The molecule has 1 N–H and O–H groups in total. The maximum atomic E-state index is 4.60. The molecule has 0 spiro atoms. The van der Waals surface area contributed by atoms with Crippen LogP contribution in [0.25, 0.3) is 0 Å². The van der Waals surface area contributed by atoms with Crippen LogP contribution >= 0.6 is 0 Å². The van der Waals surface area contributed by atoms with Crippen molar-refractivity contribution >= 4 is 0 Å². The van der Waals surface area contributed by atoms with Crippen LogP contribution in [-0.4, -0.2) is 38.8 Å². The smallest absolute Gasteiger partial charge is 0.0625 e. The first-order valence-corrected chi connectivity index (χ1v) is 8.37. The first-order chi connectivity index (χ1) is 9.85. The van der Waals surface area contributed by atoms with Crippen LogP contribution in [-0.2, 0) is 20.0 Å². The lowest BCUT2D eigenvalue weighted by Crippen LogP contribution is -2.67. The van der Waals surface area contributed by atoms with E-state index in [1.807, 2.05) is 0 Å². The molecule has 1 aliphatic rings. The van der Waals surface area contributed by atoms with Gasteiger partial charge in [0.05, 0.1) is 11.4 Å². The monoisotopic (exact) mass is 292 g/mol. The van der Waals surface area contributed by atoms with Gasteiger partial charge in [0, 0.05) is 37.8 Å². The Balaban J connectivity index is 2.25. The summed E-state index contributed by atoms with van der Waals surface area (Å²) in [6.45, 7) is 14.6. The van der Waals surface area contributed by atoms with Gasteiger partial charge in [0.2, 0.25) is 0 Å². The highest BCUT2D eigenvalue weighted by Crippen LogP contribution is 2.31. The summed E-state index contributed by atoms with van der Waals surface area (Å²) in [4.78, 5) is 2.68. The van der Waals surface area contributed by atoms with Gasteiger partial charge in [-0.25, -0.2) is 0 Å². The van der Waals surface area contributed by atoms with E-state index in [2.05, 4.69) is 67.7 Å². The van der Waals surface area contributed by atoms with Crippen LogP contribution in [0.1, 0.15) is 58.8 Å². The van der Waals surface area contributed by atoms with Crippen LogP contribution in [0.2, 0.25) is 0 Å². The van der Waals surface area contributed by atoms with Crippen molar-refractivity contribution in [2.75, 3.05) is 13.1 Å². The quantitative estimate of drug-likeness (QED) is 0.906. The van der Waals surface area contributed by atoms with Crippen LogP contribution in [0.15, 0.2) is 6.07 Å². The van der Waals surface area contributed by atoms with Crippen molar-refractivity contribution in [2.45, 2.75) is 71.5 Å². The highest BCUT2D eigenvalue weighted by Gasteiger charge is 2.41. The van der Waals surface area contributed by atoms with E-state index in [1.165, 1.54) is 24.2 Å². The number of hydrogen-bond donors (Lipinski definition) is 1. The lowest BCUT2D eigenvalue weighted by Gasteiger charge is -2.52. The molecule has 2 heterocycles. The molecule has 0 aromatic carbocycles. The Bertz CT molecular complexity index is 471. The third-order valence-corrected chi connectivity index (χ3v) is 5.21. The van der Waals surface area contributed by atoms with Gasteiger partial charge in [0.1, 0.15) is 0 Å². The Hall–Kier alpha value is -0.870. The first kappa shape index (κ1) is 16.5. The summed E-state index contributed by atoms with van der Waals surface area (Å²) in [5.41, 5.74) is 2.97. The van der Waals surface area contributed by atoms with Gasteiger partial charge in [-0.3, -0.25) is 9.58 Å². The molecule has 1 saturated heterocycles. The fraction of sp³-hybridized carbons (Fsp3) is 0.824. The zero-order chi connectivity index (χ0) is 15.7. The molecule has 0 unspecified atom stereocenters. The maximum Gasteiger partial charge on any atom is 0.0625 e. The lowest BCUT2D eigenvalue weighted by atomic mass is 9.84. The van der Waals surface area contributed by atoms with E-state index in [0.717, 1.165) is 26.1 Å². The van der Waals surface area contributed by atoms with Crippen molar-refractivity contribution in [3.8, 4) is 0 Å². The summed E-state index contributed by atoms with van der Waals surface area (Å²) in [7, 11) is 2.07. The number of nitrogens with one attached hydrogen (secondary N) is 1. The van der Waals surface area contributed by atoms with Gasteiger partial charge in [-0.15, -0.1) is 0 Å². The summed E-state index contributed by atoms with van der Waals surface area (Å²) in [6, 6.07) is 2.27. The van der Waals surface area contributed by atoms with Crippen LogP contribution in [0.4, 0.5) is 0 Å². The van der Waals surface area contributed by atoms with Crippen molar-refractivity contribution in [3.05, 3.63) is 17.5 Å². The number of piperazine rings is 1. The van der Waals surface area contributed by atoms with Gasteiger partial charge < -0.3 is 5.32 Å². The molecule has 21 heavy (non-hydrogen) atoms. The number of nitrogens with zero attached hydrogens (tertiary/aromatic N) is 3. The van der Waals surface area contributed by atoms with Gasteiger partial charge in [-0.2, -0.15) is 5.10 Å². The van der Waals surface area contributed by atoms with E-state index < -0.39 is 0 Å². The Morgan fingerprint density at radius 2 is 1.90 bits per heavy atom. The Kier molecular flexibility index (Phi) is 4.79. The minimum Gasteiger partial charge on any atom is -0.309 e. The molecule has 1 fully saturated rings. The van der Waals surface area contributed by atoms with Gasteiger partial charge >= 0.3 is 0 Å². The molecule has 1 aliphatic heterocycles. The molecular formula is C17H32N4. The number of aromatic nitrogens is 2. The van der Waals surface area contributed by atoms with Crippen molar-refractivity contribution in [2.24, 2.45) is 7.05 Å². The van der Waals surface area contributed by atoms with Crippen LogP contribution in [0.3, 0.4) is 0 Å². The Morgan fingerprint density at radius 3 is 2.43 bits per heavy atom. The normalized spacial score (nSPS) is 21.6. The van der Waals surface area contributed by atoms with Crippen molar-refractivity contribution < 1.29 is 0 Å². The first-order valence-electron chi connectivity index (χ1n) is 8.37. The Morgan fingerprint density at radius 1 is 1.24 bits per heavy atom. The molecule has 0 aliphatic carbocycles. The molecule has 4 heteroatoms. The van der Waals surface area contributed by atoms with Crippen molar-refractivity contribution in [1.82, 2.24) is 20.0 Å². The molecule has 120 valence electrons. The van der Waals surface area contributed by atoms with Gasteiger partial charge in [-0.05, 0) is 39.2 Å². The molecule has 0 amide bonds. The van der Waals surface area contributed by atoms with Crippen LogP contribution < -0.4 is 5.32 Å². The minimum atomic E-state index is 0.181. The summed E-state index contributed by atoms with van der Waals surface area (Å²) in [6.07, 6.45) is 3.38. The molecule has 0 radical (unpaired) electrons. The van der Waals surface area contributed by atoms with E-state index >= 15 is 0 Å². The van der Waals surface area contributed by atoms with E-state index in [-0.39, 0.29) is 11.1 Å². The summed E-state index contributed by atoms with van der Waals surface area (Å²) < 4.78 is 2.06. The van der Waals surface area contributed by atoms with Gasteiger partial charge in [0.15, 0.2) is 0 Å². The molecule has 2 rings (SSSR count). The molecule has 4 nitrogen and oxygen atoms in total. The van der Waals surface area contributed by atoms with Crippen molar-refractivity contribution in [3.63, 3.8) is 0 Å². The van der Waals surface area contributed by atoms with E-state index in [1.54, 1.807) is 0 Å². The van der Waals surface area contributed by atoms with E-state index in [0.29, 0.717) is 0 Å². The number of rotatable bonds is 5. The van der Waals surface area contributed by atoms with E-state index in [9.17, 15) is 0 Å². The van der Waals surface area contributed by atoms with Gasteiger partial charge in [0.25, 0.3) is 0 Å². The Labute approximate surface area is 129 Å². The zero-order valence-electron chi connectivity index (χ0n) is 14.7. The third kappa shape index (κ3) is 3.32. The third-order valence-electron chi connectivity index (χ3n) is 5.21. The molecule has 0 atom stereocenters. The molecule has 0 bridgehead atoms. The fourth-order valence-electron chi connectivity index (χ4n) is 3.47. The molecule has 0 saturated carbocycles. The fourth-order valence-corrected chi connectivity index (χ4v) is 3.47. The lowest BCUT2D eigenvalue weighted by molar-refractivity contribution is 0.000718. The number of hydrogen-bond acceptors (Lipinski definition) is 3. The predicted molar refractivity (Wildman–Crippen MR) is 88.4 cm³/mol. The minimum absolute atomic E-state index is 0.181. The highest BCUT2D eigenvalue weighted by molar-refractivity contribution is 5.12. The van der Waals surface area contributed by atoms with Crippen molar-refractivity contribution in [1.29, 1.82) is 0 Å². The van der Waals surface area contributed by atoms with Gasteiger partial charge in [-0.1, -0.05) is 20.8 Å². The average molecular weight is 292 g/mol. The van der Waals surface area contributed by atoms with Crippen LogP contribution in [0.5, 0.6) is 0 Å². The molecule has 1 aromatic heterocycles. The summed E-state index contributed by atoms with van der Waals surface area (Å²) >= 11 is 0. The second kappa shape index (κ2) is 6.09.